The van der Waals surface area contributed by atoms with Gasteiger partial charge in [0.05, 0.1) is 6.61 Å². The average Bonchev–Trinajstić information content (AvgIpc) is 3.01. The third-order valence-electron chi connectivity index (χ3n) is 5.61. The van der Waals surface area contributed by atoms with Gasteiger partial charge in [0.15, 0.2) is 6.29 Å². The highest BCUT2D eigenvalue weighted by molar-refractivity contribution is 5.60. The molecule has 0 aliphatic carbocycles. The average molecular weight is 413 g/mol. The summed E-state index contributed by atoms with van der Waals surface area (Å²) < 4.78 is 22.7. The van der Waals surface area contributed by atoms with Crippen molar-refractivity contribution < 1.29 is 28.8 Å². The minimum Gasteiger partial charge on any atom is -0.429 e. The van der Waals surface area contributed by atoms with Gasteiger partial charge >= 0.3 is 6.16 Å². The van der Waals surface area contributed by atoms with Crippen molar-refractivity contribution in [2.24, 2.45) is 0 Å². The third-order valence-corrected chi connectivity index (χ3v) is 5.61. The summed E-state index contributed by atoms with van der Waals surface area (Å²) in [7, 11) is 1.93. The highest BCUT2D eigenvalue weighted by Gasteiger charge is 2.46. The van der Waals surface area contributed by atoms with Crippen molar-refractivity contribution >= 4 is 6.16 Å². The number of likely N-dealkylation sites (N-methyl/N-ethyl adjacent to an activating group) is 1. The summed E-state index contributed by atoms with van der Waals surface area (Å²) in [6.45, 7) is 1.02. The first-order chi connectivity index (χ1) is 14.6. The number of hydrogen-bond acceptors (Lipinski definition) is 7. The summed E-state index contributed by atoms with van der Waals surface area (Å²) in [6, 6.07) is 19.0. The molecule has 0 radical (unpaired) electrons. The van der Waals surface area contributed by atoms with E-state index in [4.69, 9.17) is 18.9 Å². The molecule has 160 valence electrons. The highest BCUT2D eigenvalue weighted by Crippen LogP contribution is 2.33. The molecular formula is C23H27NO6. The molecule has 2 aromatic carbocycles. The minimum absolute atomic E-state index is 0.0334. The van der Waals surface area contributed by atoms with Gasteiger partial charge in [-0.05, 0) is 19.0 Å². The van der Waals surface area contributed by atoms with Gasteiger partial charge in [-0.1, -0.05) is 60.7 Å². The molecule has 2 fully saturated rings. The van der Waals surface area contributed by atoms with Crippen LogP contribution in [0.15, 0.2) is 60.7 Å². The number of fused-ring (bicyclic) bond motifs is 1. The van der Waals surface area contributed by atoms with E-state index in [0.29, 0.717) is 19.6 Å². The van der Waals surface area contributed by atoms with Crippen LogP contribution in [0, 0.1) is 0 Å². The predicted octanol–water partition coefficient (Wildman–Crippen LogP) is 2.89. The normalized spacial score (nSPS) is 29.5. The molecule has 0 aromatic heterocycles. The molecule has 1 unspecified atom stereocenters. The molecule has 2 aliphatic heterocycles. The minimum atomic E-state index is -0.983. The quantitative estimate of drug-likeness (QED) is 0.773. The number of nitrogens with zero attached hydrogens (tertiary/aromatic N) is 1. The van der Waals surface area contributed by atoms with E-state index in [-0.39, 0.29) is 12.6 Å². The predicted molar refractivity (Wildman–Crippen MR) is 109 cm³/mol. The Balaban J connectivity index is 1.40. The molecule has 2 aromatic rings. The molecule has 0 bridgehead atoms. The SMILES string of the molecule is CN1C[C@H](OC(=O)OCc2ccccc2)[C@@H](O)[C@@H]2OC(c3ccccc3)OCC[C@H]21. The van der Waals surface area contributed by atoms with E-state index in [0.717, 1.165) is 11.1 Å². The maximum absolute atomic E-state index is 12.2. The fourth-order valence-corrected chi connectivity index (χ4v) is 4.02. The molecular weight excluding hydrogens is 386 g/mol. The van der Waals surface area contributed by atoms with Crippen LogP contribution in [0.3, 0.4) is 0 Å². The van der Waals surface area contributed by atoms with Crippen LogP contribution in [0.25, 0.3) is 0 Å². The van der Waals surface area contributed by atoms with Crippen LogP contribution in [0.2, 0.25) is 0 Å². The molecule has 2 heterocycles. The first kappa shape index (κ1) is 20.8. The number of piperidine rings is 1. The Morgan fingerprint density at radius 2 is 1.83 bits per heavy atom. The van der Waals surface area contributed by atoms with Gasteiger partial charge in [-0.3, -0.25) is 4.90 Å². The Morgan fingerprint density at radius 3 is 2.57 bits per heavy atom. The summed E-state index contributed by atoms with van der Waals surface area (Å²) >= 11 is 0. The summed E-state index contributed by atoms with van der Waals surface area (Å²) in [5, 5.41) is 11.0. The monoisotopic (exact) mass is 413 g/mol. The smallest absolute Gasteiger partial charge is 0.429 e. The number of rotatable bonds is 4. The lowest BCUT2D eigenvalue weighted by atomic mass is 9.92. The Hall–Kier alpha value is -2.45. The van der Waals surface area contributed by atoms with Crippen molar-refractivity contribution in [3.05, 3.63) is 71.8 Å². The molecule has 7 nitrogen and oxygen atoms in total. The van der Waals surface area contributed by atoms with Gasteiger partial charge in [-0.2, -0.15) is 0 Å². The molecule has 4 rings (SSSR count). The number of hydrogen-bond donors (Lipinski definition) is 1. The molecule has 2 saturated heterocycles. The first-order valence-electron chi connectivity index (χ1n) is 10.2. The molecule has 1 N–H and O–H groups in total. The summed E-state index contributed by atoms with van der Waals surface area (Å²) in [5.74, 6) is 0. The third kappa shape index (κ3) is 4.82. The zero-order chi connectivity index (χ0) is 20.9. The van der Waals surface area contributed by atoms with Gasteiger partial charge in [-0.15, -0.1) is 0 Å². The van der Waals surface area contributed by atoms with Crippen molar-refractivity contribution in [1.29, 1.82) is 0 Å². The van der Waals surface area contributed by atoms with Crippen LogP contribution in [0.5, 0.6) is 0 Å². The molecule has 5 atom stereocenters. The summed E-state index contributed by atoms with van der Waals surface area (Å²) in [4.78, 5) is 14.3. The standard InChI is InChI=1S/C23H27NO6/c1-24-14-19(29-23(26)28-15-16-8-4-2-5-9-16)20(25)21-18(24)12-13-27-22(30-21)17-10-6-3-7-11-17/h2-11,18-22,25H,12-15H2,1H3/t18-,19+,20-,21-,22?/m1/s1. The number of aliphatic hydroxyl groups is 1. The number of carbonyl (C=O) groups is 1. The van der Waals surface area contributed by atoms with Gasteiger partial charge in [-0.25, -0.2) is 4.79 Å². The fourth-order valence-electron chi connectivity index (χ4n) is 4.02. The van der Waals surface area contributed by atoms with E-state index in [1.165, 1.54) is 0 Å². The second-order valence-corrected chi connectivity index (χ2v) is 7.68. The molecule has 0 amide bonds. The van der Waals surface area contributed by atoms with Crippen molar-refractivity contribution in [2.75, 3.05) is 20.2 Å². The Morgan fingerprint density at radius 1 is 1.13 bits per heavy atom. The number of benzene rings is 2. The number of ether oxygens (including phenoxy) is 4. The van der Waals surface area contributed by atoms with Crippen molar-refractivity contribution in [1.82, 2.24) is 4.90 Å². The largest absolute Gasteiger partial charge is 0.509 e. The second-order valence-electron chi connectivity index (χ2n) is 7.68. The van der Waals surface area contributed by atoms with Crippen molar-refractivity contribution in [3.63, 3.8) is 0 Å². The van der Waals surface area contributed by atoms with Crippen LogP contribution >= 0.6 is 0 Å². The van der Waals surface area contributed by atoms with Gasteiger partial charge in [0, 0.05) is 18.2 Å². The molecule has 0 saturated carbocycles. The fraction of sp³-hybridized carbons (Fsp3) is 0.435. The number of likely N-dealkylation sites (tertiary alicyclic amines) is 1. The van der Waals surface area contributed by atoms with E-state index in [1.54, 1.807) is 0 Å². The Labute approximate surface area is 176 Å². The van der Waals surface area contributed by atoms with Crippen LogP contribution in [-0.4, -0.2) is 60.7 Å². The highest BCUT2D eigenvalue weighted by atomic mass is 16.7. The van der Waals surface area contributed by atoms with Crippen LogP contribution < -0.4 is 0 Å². The lowest BCUT2D eigenvalue weighted by Gasteiger charge is -2.44. The van der Waals surface area contributed by atoms with Crippen LogP contribution in [0.4, 0.5) is 4.79 Å². The van der Waals surface area contributed by atoms with Crippen molar-refractivity contribution in [2.45, 2.75) is 43.7 Å². The molecule has 7 heteroatoms. The van der Waals surface area contributed by atoms with E-state index in [2.05, 4.69) is 0 Å². The van der Waals surface area contributed by atoms with E-state index in [1.807, 2.05) is 72.6 Å². The molecule has 0 spiro atoms. The lowest BCUT2D eigenvalue weighted by Crippen LogP contribution is -2.61. The Bertz CT molecular complexity index is 817. The topological polar surface area (TPSA) is 77.5 Å². The second kappa shape index (κ2) is 9.57. The van der Waals surface area contributed by atoms with Crippen LogP contribution in [-0.2, 0) is 25.6 Å². The first-order valence-corrected chi connectivity index (χ1v) is 10.2. The zero-order valence-corrected chi connectivity index (χ0v) is 16.9. The summed E-state index contributed by atoms with van der Waals surface area (Å²) in [6.07, 6.45) is -2.96. The number of carbonyl (C=O) groups excluding carboxylic acids is 1. The van der Waals surface area contributed by atoms with E-state index >= 15 is 0 Å². The van der Waals surface area contributed by atoms with Gasteiger partial charge in [0.2, 0.25) is 0 Å². The van der Waals surface area contributed by atoms with Crippen molar-refractivity contribution in [3.8, 4) is 0 Å². The maximum atomic E-state index is 12.2. The maximum Gasteiger partial charge on any atom is 0.509 e. The van der Waals surface area contributed by atoms with E-state index < -0.39 is 30.8 Å². The summed E-state index contributed by atoms with van der Waals surface area (Å²) in [5.41, 5.74) is 1.75. The van der Waals surface area contributed by atoms with Gasteiger partial charge in [0.25, 0.3) is 0 Å². The van der Waals surface area contributed by atoms with Gasteiger partial charge < -0.3 is 24.1 Å². The van der Waals surface area contributed by atoms with Gasteiger partial charge in [0.1, 0.15) is 24.9 Å². The lowest BCUT2D eigenvalue weighted by molar-refractivity contribution is -0.217. The zero-order valence-electron chi connectivity index (χ0n) is 16.9. The molecule has 2 aliphatic rings. The number of aliphatic hydroxyl groups excluding tert-OH is 1. The molecule has 30 heavy (non-hydrogen) atoms. The van der Waals surface area contributed by atoms with Crippen LogP contribution in [0.1, 0.15) is 23.8 Å². The van der Waals surface area contributed by atoms with E-state index in [9.17, 15) is 9.90 Å². The Kier molecular flexibility index (Phi) is 6.64.